The average Bonchev–Trinajstić information content (AvgIpc) is 2.38. The predicted molar refractivity (Wildman–Crippen MR) is 66.8 cm³/mol. The lowest BCUT2D eigenvalue weighted by molar-refractivity contribution is 0.105. The molecule has 17 heavy (non-hydrogen) atoms. The van der Waals surface area contributed by atoms with Gasteiger partial charge in [-0.25, -0.2) is 0 Å². The second kappa shape index (κ2) is 5.41. The highest BCUT2D eigenvalue weighted by Gasteiger charge is 2.27. The Hall–Kier alpha value is -1.22. The van der Waals surface area contributed by atoms with Gasteiger partial charge in [-0.2, -0.15) is 0 Å². The molecular weight excluding hydrogens is 216 g/mol. The van der Waals surface area contributed by atoms with Gasteiger partial charge in [0.25, 0.3) is 0 Å². The summed E-state index contributed by atoms with van der Waals surface area (Å²) in [4.78, 5) is 0. The summed E-state index contributed by atoms with van der Waals surface area (Å²) in [7, 11) is 3.32. The van der Waals surface area contributed by atoms with Crippen molar-refractivity contribution >= 4 is 0 Å². The number of hydrogen-bond donors (Lipinski definition) is 1. The first-order valence-corrected chi connectivity index (χ1v) is 6.16. The molecule has 1 fully saturated rings. The van der Waals surface area contributed by atoms with Crippen LogP contribution in [0.4, 0.5) is 0 Å². The minimum Gasteiger partial charge on any atom is -0.497 e. The van der Waals surface area contributed by atoms with E-state index in [1.54, 1.807) is 14.2 Å². The zero-order valence-corrected chi connectivity index (χ0v) is 10.5. The Morgan fingerprint density at radius 1 is 1.12 bits per heavy atom. The van der Waals surface area contributed by atoms with E-state index >= 15 is 0 Å². The minimum absolute atomic E-state index is 0.175. The largest absolute Gasteiger partial charge is 0.497 e. The summed E-state index contributed by atoms with van der Waals surface area (Å²) in [6, 6.07) is 5.78. The monoisotopic (exact) mass is 236 g/mol. The Morgan fingerprint density at radius 2 is 1.88 bits per heavy atom. The van der Waals surface area contributed by atoms with E-state index in [2.05, 4.69) is 0 Å². The van der Waals surface area contributed by atoms with Crippen LogP contribution in [0.1, 0.15) is 37.2 Å². The molecule has 0 aliphatic heterocycles. The van der Waals surface area contributed by atoms with Crippen LogP contribution >= 0.6 is 0 Å². The molecule has 3 nitrogen and oxygen atoms in total. The van der Waals surface area contributed by atoms with Crippen LogP contribution in [0, 0.1) is 0 Å². The highest BCUT2D eigenvalue weighted by molar-refractivity contribution is 5.43. The van der Waals surface area contributed by atoms with Gasteiger partial charge >= 0.3 is 0 Å². The molecule has 0 aromatic heterocycles. The molecule has 3 heteroatoms. The van der Waals surface area contributed by atoms with E-state index in [9.17, 15) is 5.11 Å². The van der Waals surface area contributed by atoms with Crippen molar-refractivity contribution in [1.82, 2.24) is 0 Å². The first-order chi connectivity index (χ1) is 8.26. The van der Waals surface area contributed by atoms with Crippen molar-refractivity contribution < 1.29 is 14.6 Å². The average molecular weight is 236 g/mol. The number of benzene rings is 1. The van der Waals surface area contributed by atoms with Crippen molar-refractivity contribution in [3.05, 3.63) is 23.8 Å². The molecule has 0 bridgehead atoms. The second-order valence-corrected chi connectivity index (χ2v) is 4.57. The normalized spacial score (nSPS) is 24.4. The lowest BCUT2D eigenvalue weighted by Crippen LogP contribution is -2.23. The number of hydrogen-bond acceptors (Lipinski definition) is 3. The Bertz CT molecular complexity index is 376. The third kappa shape index (κ3) is 2.55. The lowest BCUT2D eigenvalue weighted by Gasteiger charge is -2.29. The summed E-state index contributed by atoms with van der Waals surface area (Å²) in [5.41, 5.74) is 1.07. The van der Waals surface area contributed by atoms with Gasteiger partial charge in [0.1, 0.15) is 11.5 Å². The molecule has 0 amide bonds. The fourth-order valence-corrected chi connectivity index (χ4v) is 2.60. The highest BCUT2D eigenvalue weighted by Crippen LogP contribution is 2.39. The lowest BCUT2D eigenvalue weighted by atomic mass is 9.81. The van der Waals surface area contributed by atoms with Gasteiger partial charge in [0, 0.05) is 11.5 Å². The molecule has 1 aliphatic carbocycles. The van der Waals surface area contributed by atoms with Crippen LogP contribution in [-0.2, 0) is 0 Å². The minimum atomic E-state index is -0.259. The molecular formula is C14H20O3. The van der Waals surface area contributed by atoms with Crippen molar-refractivity contribution in [3.63, 3.8) is 0 Å². The van der Waals surface area contributed by atoms with Crippen LogP contribution in [0.25, 0.3) is 0 Å². The van der Waals surface area contributed by atoms with E-state index in [1.165, 1.54) is 6.42 Å². The Morgan fingerprint density at radius 3 is 2.53 bits per heavy atom. The Kier molecular flexibility index (Phi) is 3.89. The summed E-state index contributed by atoms with van der Waals surface area (Å²) >= 11 is 0. The van der Waals surface area contributed by atoms with E-state index in [1.807, 2.05) is 18.2 Å². The van der Waals surface area contributed by atoms with Crippen LogP contribution in [0.3, 0.4) is 0 Å². The van der Waals surface area contributed by atoms with Crippen LogP contribution in [-0.4, -0.2) is 25.4 Å². The molecule has 0 radical (unpaired) electrons. The van der Waals surface area contributed by atoms with Gasteiger partial charge in [0.05, 0.1) is 20.3 Å². The van der Waals surface area contributed by atoms with Crippen molar-refractivity contribution in [2.45, 2.75) is 37.7 Å². The number of methoxy groups -OCH3 is 2. The zero-order chi connectivity index (χ0) is 12.3. The van der Waals surface area contributed by atoms with Crippen molar-refractivity contribution in [3.8, 4) is 11.5 Å². The number of ether oxygens (including phenoxy) is 2. The molecule has 1 aliphatic rings. The quantitative estimate of drug-likeness (QED) is 0.877. The third-order valence-corrected chi connectivity index (χ3v) is 3.57. The highest BCUT2D eigenvalue weighted by atomic mass is 16.5. The van der Waals surface area contributed by atoms with Gasteiger partial charge in [-0.15, -0.1) is 0 Å². The molecule has 0 unspecified atom stereocenters. The molecule has 1 aromatic rings. The number of aliphatic hydroxyl groups is 1. The molecule has 1 N–H and O–H groups in total. The number of rotatable bonds is 3. The fraction of sp³-hybridized carbons (Fsp3) is 0.571. The van der Waals surface area contributed by atoms with Gasteiger partial charge < -0.3 is 14.6 Å². The van der Waals surface area contributed by atoms with Gasteiger partial charge in [-0.3, -0.25) is 0 Å². The molecule has 0 spiro atoms. The van der Waals surface area contributed by atoms with E-state index in [4.69, 9.17) is 9.47 Å². The van der Waals surface area contributed by atoms with Crippen molar-refractivity contribution in [2.75, 3.05) is 14.2 Å². The van der Waals surface area contributed by atoms with Crippen molar-refractivity contribution in [2.24, 2.45) is 0 Å². The maximum absolute atomic E-state index is 10.1. The topological polar surface area (TPSA) is 38.7 Å². The second-order valence-electron chi connectivity index (χ2n) is 4.57. The standard InChI is InChI=1S/C14H20O3/c1-16-10-7-8-14(17-2)12(9-10)11-5-3-4-6-13(11)15/h7-9,11,13,15H,3-6H2,1-2H3/t11-,13-/m0/s1. The summed E-state index contributed by atoms with van der Waals surface area (Å²) in [5, 5.41) is 10.1. The van der Waals surface area contributed by atoms with Crippen LogP contribution in [0.15, 0.2) is 18.2 Å². The Balaban J connectivity index is 2.33. The molecule has 1 aromatic carbocycles. The van der Waals surface area contributed by atoms with E-state index < -0.39 is 0 Å². The molecule has 0 saturated heterocycles. The van der Waals surface area contributed by atoms with Gasteiger partial charge in [0.15, 0.2) is 0 Å². The van der Waals surface area contributed by atoms with E-state index in [-0.39, 0.29) is 12.0 Å². The predicted octanol–water partition coefficient (Wildman–Crippen LogP) is 2.72. The van der Waals surface area contributed by atoms with Crippen LogP contribution in [0.2, 0.25) is 0 Å². The first-order valence-electron chi connectivity index (χ1n) is 6.16. The maximum Gasteiger partial charge on any atom is 0.122 e. The molecule has 2 rings (SSSR count). The SMILES string of the molecule is COc1ccc(OC)c([C@@H]2CCCC[C@@H]2O)c1. The first kappa shape index (κ1) is 12.2. The van der Waals surface area contributed by atoms with Gasteiger partial charge in [-0.1, -0.05) is 12.8 Å². The molecule has 94 valence electrons. The maximum atomic E-state index is 10.1. The van der Waals surface area contributed by atoms with Gasteiger partial charge in [0.2, 0.25) is 0 Å². The van der Waals surface area contributed by atoms with Crippen LogP contribution in [0.5, 0.6) is 11.5 Å². The summed E-state index contributed by atoms with van der Waals surface area (Å²) in [6.45, 7) is 0. The molecule has 0 heterocycles. The number of aliphatic hydroxyl groups excluding tert-OH is 1. The summed E-state index contributed by atoms with van der Waals surface area (Å²) in [5.74, 6) is 1.84. The van der Waals surface area contributed by atoms with Gasteiger partial charge in [-0.05, 0) is 31.0 Å². The fourth-order valence-electron chi connectivity index (χ4n) is 2.60. The summed E-state index contributed by atoms with van der Waals surface area (Å²) < 4.78 is 10.6. The van der Waals surface area contributed by atoms with E-state index in [0.717, 1.165) is 36.3 Å². The molecule has 1 saturated carbocycles. The van der Waals surface area contributed by atoms with Crippen LogP contribution < -0.4 is 9.47 Å². The Labute approximate surface area is 102 Å². The zero-order valence-electron chi connectivity index (χ0n) is 10.5. The molecule has 2 atom stereocenters. The third-order valence-electron chi connectivity index (χ3n) is 3.57. The smallest absolute Gasteiger partial charge is 0.122 e. The summed E-state index contributed by atoms with van der Waals surface area (Å²) in [6.07, 6.45) is 3.92. The van der Waals surface area contributed by atoms with E-state index in [0.29, 0.717) is 0 Å². The van der Waals surface area contributed by atoms with Crippen molar-refractivity contribution in [1.29, 1.82) is 0 Å².